The number of nitrogens with one attached hydrogen (secondary N) is 1. The van der Waals surface area contributed by atoms with Crippen molar-refractivity contribution in [3.05, 3.63) is 161 Å². The lowest BCUT2D eigenvalue weighted by atomic mass is 9.80. The minimum absolute atomic E-state index is 0.0379. The molecule has 2 saturated heterocycles. The van der Waals surface area contributed by atoms with Gasteiger partial charge in [0.25, 0.3) is 20.2 Å². The number of allylic oxidation sites excluding steroid dienone is 10. The Morgan fingerprint density at radius 3 is 1.55 bits per heavy atom. The normalized spacial score (nSPS) is 23.7. The van der Waals surface area contributed by atoms with Crippen LogP contribution in [0.25, 0.3) is 0 Å². The first-order chi connectivity index (χ1) is 45.7. The number of aliphatic carboxylic acids is 3. The monoisotopic (exact) mass is 1390 g/mol. The molecule has 4 atom stereocenters. The van der Waals surface area contributed by atoms with Crippen LogP contribution in [0.5, 0.6) is 0 Å². The Morgan fingerprint density at radius 1 is 0.567 bits per heavy atom. The quantitative estimate of drug-likeness (QED) is 0.00449. The number of carboxylic acids is 3. The highest BCUT2D eigenvalue weighted by molar-refractivity contribution is 7.94. The summed E-state index contributed by atoms with van der Waals surface area (Å²) in [5.74, 6) is -2.80. The van der Waals surface area contributed by atoms with Crippen molar-refractivity contribution in [1.29, 1.82) is 0 Å². The maximum atomic E-state index is 13.7. The molecule has 4 aromatic rings. The fourth-order valence-electron chi connectivity index (χ4n) is 16.6. The molecular weight excluding hydrogens is 1300 g/mol. The highest BCUT2D eigenvalue weighted by Gasteiger charge is 2.62. The minimum Gasteiger partial charge on any atom is -0.481 e. The highest BCUT2D eigenvalue weighted by Crippen LogP contribution is 2.58. The number of nitrogens with zero attached hydrogens (tertiary/aromatic N) is 4. The predicted octanol–water partition coefficient (Wildman–Crippen LogP) is 13.2. The van der Waals surface area contributed by atoms with Crippen molar-refractivity contribution in [2.45, 2.75) is 200 Å². The number of carbonyl (C=O) groups is 4. The van der Waals surface area contributed by atoms with Crippen LogP contribution in [0.3, 0.4) is 0 Å². The maximum absolute atomic E-state index is 13.7. The third kappa shape index (κ3) is 13.8. The largest absolute Gasteiger partial charge is 0.481 e. The summed E-state index contributed by atoms with van der Waals surface area (Å²) in [7, 11) is -9.09. The van der Waals surface area contributed by atoms with Crippen molar-refractivity contribution in [2.24, 2.45) is 0 Å². The zero-order chi connectivity index (χ0) is 70.3. The molecule has 1 amide bonds. The molecule has 518 valence electrons. The molecule has 4 unspecified atom stereocenters. The van der Waals surface area contributed by atoms with E-state index < -0.39 is 71.9 Å². The first-order valence-electron chi connectivity index (χ1n) is 33.4. The fourth-order valence-corrected chi connectivity index (χ4v) is 18.0. The summed E-state index contributed by atoms with van der Waals surface area (Å²) in [5.41, 5.74) is 8.59. The number of unbranched alkanes of at least 4 members (excludes halogenated alkanes) is 4. The maximum Gasteiger partial charge on any atom is 0.363 e. The third-order valence-electron chi connectivity index (χ3n) is 21.3. The highest BCUT2D eigenvalue weighted by atomic mass is 32.2. The molecule has 6 aliphatic heterocycles. The van der Waals surface area contributed by atoms with Crippen LogP contribution in [-0.2, 0) is 77.0 Å². The molecule has 0 saturated carbocycles. The molecule has 0 aliphatic carbocycles. The van der Waals surface area contributed by atoms with Crippen LogP contribution in [0, 0.1) is 0 Å². The number of fused-ring (bicyclic) bond motifs is 6. The average Bonchev–Trinajstić information content (AvgIpc) is 1.62. The molecule has 0 radical (unpaired) electrons. The van der Waals surface area contributed by atoms with Gasteiger partial charge in [-0.2, -0.15) is 26.0 Å². The first-order valence-corrected chi connectivity index (χ1v) is 37.0. The van der Waals surface area contributed by atoms with E-state index in [0.29, 0.717) is 98.6 Å². The summed E-state index contributed by atoms with van der Waals surface area (Å²) in [5, 5.41) is 46.9. The molecule has 6 heterocycles. The van der Waals surface area contributed by atoms with E-state index in [1.165, 1.54) is 24.3 Å². The Balaban J connectivity index is 0.840. The van der Waals surface area contributed by atoms with Gasteiger partial charge in [0.2, 0.25) is 17.3 Å². The van der Waals surface area contributed by atoms with Gasteiger partial charge in [-0.25, -0.2) is 23.8 Å². The Kier molecular flexibility index (Phi) is 21.1. The van der Waals surface area contributed by atoms with Crippen LogP contribution < -0.4 is 14.3 Å². The molecule has 24 heteroatoms. The van der Waals surface area contributed by atoms with Crippen LogP contribution in [0.4, 0.5) is 22.7 Å². The number of hydrogen-bond acceptors (Lipinski definition) is 12. The van der Waals surface area contributed by atoms with Gasteiger partial charge in [-0.05, 0) is 167 Å². The van der Waals surface area contributed by atoms with Crippen LogP contribution in [-0.4, -0.2) is 129 Å². The zero-order valence-electron chi connectivity index (χ0n) is 56.4. The van der Waals surface area contributed by atoms with E-state index in [1.807, 2.05) is 88.4 Å². The summed E-state index contributed by atoms with van der Waals surface area (Å²) in [6.45, 7) is 18.9. The summed E-state index contributed by atoms with van der Waals surface area (Å²) in [4.78, 5) is 51.5. The molecule has 0 bridgehead atoms. The van der Waals surface area contributed by atoms with Gasteiger partial charge in [0.1, 0.15) is 35.9 Å². The van der Waals surface area contributed by atoms with Crippen molar-refractivity contribution in [2.75, 3.05) is 26.2 Å². The third-order valence-corrected chi connectivity index (χ3v) is 23.5. The van der Waals surface area contributed by atoms with Crippen LogP contribution in [0.2, 0.25) is 0 Å². The van der Waals surface area contributed by atoms with Crippen molar-refractivity contribution in [3.8, 4) is 0 Å². The molecule has 10 rings (SSSR count). The van der Waals surface area contributed by atoms with E-state index >= 15 is 0 Å². The molecule has 7 N–H and O–H groups in total. The van der Waals surface area contributed by atoms with E-state index in [-0.39, 0.29) is 31.1 Å². The number of carboxylic acid groups (broad SMARTS) is 3. The second-order valence-corrected chi connectivity index (χ2v) is 32.1. The van der Waals surface area contributed by atoms with Crippen molar-refractivity contribution in [3.63, 3.8) is 0 Å². The predicted molar refractivity (Wildman–Crippen MR) is 372 cm³/mol. The van der Waals surface area contributed by atoms with Crippen LogP contribution >= 0.6 is 12.0 Å². The van der Waals surface area contributed by atoms with Crippen LogP contribution in [0.1, 0.15) is 173 Å². The molecule has 97 heavy (non-hydrogen) atoms. The Bertz CT molecular complexity index is 4290. The van der Waals surface area contributed by atoms with E-state index in [2.05, 4.69) is 71.5 Å². The molecule has 0 aromatic heterocycles. The smallest absolute Gasteiger partial charge is 0.363 e. The van der Waals surface area contributed by atoms with E-state index in [1.54, 1.807) is 12.1 Å². The summed E-state index contributed by atoms with van der Waals surface area (Å²) in [6, 6.07) is 19.5. The molecular formula is C73H91N5O16S3+4. The standard InChI is InChI=1S/C73H87N5O16S3/c1-70(2)52-43-48(31-35-56(52)75(40-19-11-15-30-67(80)81)63(70)26-22-28-65-73(7,8)55-46-51(97(90,91)92)34-38-59(55)78(65)42-21-17-24-61(78)69(84)85)47-74-66(79)29-14-10-18-39-76-57-36-32-49(95-94-93-86)44-53(57)71(3,4)62(76)25-12-9-13-27-64-72(5,6)54-45-50(96(87,88)89)33-37-58(54)77(64)41-20-16-23-60(77)68(82)83/h9,12-13,22,25-28,31-38,43-46,60-61H,10-11,14-21,23-24,29-30,39-42,47H2,1-8H3,(H3-4,74,79,80,81,82,83,84,85,86,87,88,89,90,91,92)/p+4/b13-9+,25-12+,26-22+,64-27+,65-28+. The Morgan fingerprint density at radius 2 is 1.05 bits per heavy atom. The number of rotatable bonds is 26. The van der Waals surface area contributed by atoms with Gasteiger partial charge in [0, 0.05) is 109 Å². The van der Waals surface area contributed by atoms with Gasteiger partial charge in [0.15, 0.2) is 23.5 Å². The summed E-state index contributed by atoms with van der Waals surface area (Å²) < 4.78 is 79.2. The van der Waals surface area contributed by atoms with E-state index in [9.17, 15) is 60.4 Å². The Hall–Kier alpha value is -7.23. The number of piperidine rings is 2. The summed E-state index contributed by atoms with van der Waals surface area (Å²) in [6.07, 6.45) is 24.1. The van der Waals surface area contributed by atoms with Crippen molar-refractivity contribution >= 4 is 90.3 Å². The first kappa shape index (κ1) is 72.5. The topological polar surface area (TPSA) is 294 Å². The van der Waals surface area contributed by atoms with Crippen molar-refractivity contribution < 1.29 is 84.2 Å². The SMILES string of the molecule is CC1(C)C(/C=C/C=C2\C(C)(C)c3cc(S(=O)(=O)O)ccc3[N+]23CCCCC3C(=O)O)=[N+](CCCCCC(=O)O)c2ccc(CNC(=O)CCCCC[N+]3=C(/C=C/C=C/C=C4\C(C)(C)c5cc(S(=O)(=O)O)ccc5[N+]45CCCCC5C(=O)O)C(C)(C)c4cc(SOOO)ccc43)cc21. The van der Waals surface area contributed by atoms with E-state index in [0.717, 1.165) is 108 Å². The minimum atomic E-state index is -4.55. The number of benzene rings is 4. The number of hydrogen-bond donors (Lipinski definition) is 7. The summed E-state index contributed by atoms with van der Waals surface area (Å²) >= 11 is 0.877. The van der Waals surface area contributed by atoms with Gasteiger partial charge >= 0.3 is 17.9 Å². The Labute approximate surface area is 572 Å². The lowest BCUT2D eigenvalue weighted by Gasteiger charge is -2.44. The van der Waals surface area contributed by atoms with Gasteiger partial charge in [0.05, 0.1) is 56.6 Å². The number of amides is 1. The second-order valence-electron chi connectivity index (χ2n) is 28.5. The average molecular weight is 1390 g/mol. The fraction of sp³-hybridized carbons (Fsp3) is 0.452. The molecule has 4 aromatic carbocycles. The molecule has 6 aliphatic rings. The number of quaternary nitrogens is 2. The molecule has 21 nitrogen and oxygen atoms in total. The van der Waals surface area contributed by atoms with Crippen molar-refractivity contribution in [1.82, 2.24) is 14.3 Å². The second kappa shape index (κ2) is 28.2. The zero-order valence-corrected chi connectivity index (χ0v) is 58.9. The molecule has 2 spiro atoms. The lowest BCUT2D eigenvalue weighted by Crippen LogP contribution is -2.61. The van der Waals surface area contributed by atoms with E-state index in [4.69, 9.17) is 9.59 Å². The van der Waals surface area contributed by atoms with Gasteiger partial charge < -0.3 is 20.6 Å². The van der Waals surface area contributed by atoms with Gasteiger partial charge in [-0.15, -0.1) is 4.33 Å². The lowest BCUT2D eigenvalue weighted by molar-refractivity contribution is -0.438. The van der Waals surface area contributed by atoms with Gasteiger partial charge in [-0.3, -0.25) is 18.7 Å². The number of carbonyl (C=O) groups excluding carboxylic acids is 1. The van der Waals surface area contributed by atoms with Gasteiger partial charge in [-0.1, -0.05) is 35.4 Å². The van der Waals surface area contributed by atoms with Crippen LogP contribution in [0.15, 0.2) is 147 Å². The molecule has 2 fully saturated rings.